The molecule has 78 valence electrons. The van der Waals surface area contributed by atoms with Gasteiger partial charge in [0, 0.05) is 12.2 Å². The van der Waals surface area contributed by atoms with Crippen LogP contribution in [0.4, 0.5) is 0 Å². The van der Waals surface area contributed by atoms with Gasteiger partial charge in [-0.1, -0.05) is 23.9 Å². The van der Waals surface area contributed by atoms with Gasteiger partial charge in [-0.05, 0) is 12.1 Å². The van der Waals surface area contributed by atoms with E-state index in [2.05, 4.69) is 11.1 Å². The van der Waals surface area contributed by atoms with E-state index in [0.29, 0.717) is 6.42 Å². The highest BCUT2D eigenvalue weighted by Gasteiger charge is 2.03. The van der Waals surface area contributed by atoms with Crippen LogP contribution in [-0.4, -0.2) is 16.6 Å². The number of thioether (sulfide) groups is 1. The Bertz CT molecular complexity index is 445. The van der Waals surface area contributed by atoms with Crippen molar-refractivity contribution >= 4 is 39.2 Å². The first-order valence-electron chi connectivity index (χ1n) is 4.57. The maximum atomic E-state index is 7.12. The van der Waals surface area contributed by atoms with Gasteiger partial charge in [-0.15, -0.1) is 11.3 Å². The minimum absolute atomic E-state index is 0.239. The lowest BCUT2D eigenvalue weighted by Gasteiger charge is -1.94. The third-order valence-corrected chi connectivity index (χ3v) is 4.05. The molecule has 3 nitrogen and oxygen atoms in total. The van der Waals surface area contributed by atoms with Crippen molar-refractivity contribution in [2.24, 2.45) is 5.73 Å². The van der Waals surface area contributed by atoms with E-state index in [9.17, 15) is 0 Å². The van der Waals surface area contributed by atoms with Gasteiger partial charge in [-0.2, -0.15) is 0 Å². The van der Waals surface area contributed by atoms with Gasteiger partial charge >= 0.3 is 0 Å². The summed E-state index contributed by atoms with van der Waals surface area (Å²) in [5.74, 6) is 1.07. The van der Waals surface area contributed by atoms with Crippen LogP contribution in [0.2, 0.25) is 0 Å². The molecular formula is C10H11N3S2. The Kier molecular flexibility index (Phi) is 3.23. The van der Waals surface area contributed by atoms with Gasteiger partial charge < -0.3 is 5.73 Å². The standard InChI is InChI=1S/C10H11N3S2/c11-9(12)5-6-14-10-13-7-3-1-2-4-8(7)15-10/h1-4H,5-6H2,(H3,11,12). The van der Waals surface area contributed by atoms with E-state index in [1.54, 1.807) is 23.1 Å². The molecule has 1 aromatic heterocycles. The molecule has 2 rings (SSSR count). The molecule has 0 saturated carbocycles. The van der Waals surface area contributed by atoms with Gasteiger partial charge in [-0.25, -0.2) is 4.98 Å². The van der Waals surface area contributed by atoms with Crippen LogP contribution >= 0.6 is 23.1 Å². The molecule has 1 heterocycles. The molecule has 3 N–H and O–H groups in total. The van der Waals surface area contributed by atoms with Crippen molar-refractivity contribution in [3.8, 4) is 0 Å². The number of benzene rings is 1. The van der Waals surface area contributed by atoms with Gasteiger partial charge in [0.1, 0.15) is 0 Å². The average Bonchev–Trinajstić information content (AvgIpc) is 2.59. The lowest BCUT2D eigenvalue weighted by molar-refractivity contribution is 1.21. The fraction of sp³-hybridized carbons (Fsp3) is 0.200. The number of fused-ring (bicyclic) bond motifs is 1. The smallest absolute Gasteiger partial charge is 0.151 e. The number of rotatable bonds is 4. The Balaban J connectivity index is 2.05. The first kappa shape index (κ1) is 10.4. The van der Waals surface area contributed by atoms with Crippen molar-refractivity contribution in [3.63, 3.8) is 0 Å². The Labute approximate surface area is 96.2 Å². The van der Waals surface area contributed by atoms with E-state index in [4.69, 9.17) is 11.1 Å². The summed E-state index contributed by atoms with van der Waals surface area (Å²) in [5, 5.41) is 7.12. The van der Waals surface area contributed by atoms with Crippen molar-refractivity contribution < 1.29 is 0 Å². The number of hydrogen-bond donors (Lipinski definition) is 2. The van der Waals surface area contributed by atoms with E-state index in [1.807, 2.05) is 18.2 Å². The van der Waals surface area contributed by atoms with E-state index < -0.39 is 0 Å². The summed E-state index contributed by atoms with van der Waals surface area (Å²) in [5.41, 5.74) is 6.33. The quantitative estimate of drug-likeness (QED) is 0.488. The fourth-order valence-electron chi connectivity index (χ4n) is 1.16. The van der Waals surface area contributed by atoms with Gasteiger partial charge in [0.15, 0.2) is 4.34 Å². The topological polar surface area (TPSA) is 62.8 Å². The van der Waals surface area contributed by atoms with Crippen LogP contribution in [0.15, 0.2) is 28.6 Å². The first-order valence-corrected chi connectivity index (χ1v) is 6.37. The summed E-state index contributed by atoms with van der Waals surface area (Å²) in [6, 6.07) is 8.10. The molecule has 0 fully saturated rings. The Morgan fingerprint density at radius 2 is 2.27 bits per heavy atom. The molecule has 0 bridgehead atoms. The monoisotopic (exact) mass is 237 g/mol. The van der Waals surface area contributed by atoms with Crippen LogP contribution in [0.1, 0.15) is 6.42 Å². The van der Waals surface area contributed by atoms with Crippen molar-refractivity contribution in [1.82, 2.24) is 4.98 Å². The normalized spacial score (nSPS) is 10.7. The van der Waals surface area contributed by atoms with Crippen LogP contribution < -0.4 is 5.73 Å². The molecule has 5 heteroatoms. The van der Waals surface area contributed by atoms with Crippen molar-refractivity contribution in [1.29, 1.82) is 5.41 Å². The molecule has 1 aromatic carbocycles. The number of nitrogens with zero attached hydrogens (tertiary/aromatic N) is 1. The highest BCUT2D eigenvalue weighted by Crippen LogP contribution is 2.29. The van der Waals surface area contributed by atoms with Crippen molar-refractivity contribution in [2.45, 2.75) is 10.8 Å². The van der Waals surface area contributed by atoms with Crippen LogP contribution in [-0.2, 0) is 0 Å². The molecule has 0 radical (unpaired) electrons. The zero-order chi connectivity index (χ0) is 10.7. The number of nitrogens with two attached hydrogens (primary N) is 1. The lowest BCUT2D eigenvalue weighted by atomic mass is 10.3. The number of aromatic nitrogens is 1. The van der Waals surface area contributed by atoms with Crippen molar-refractivity contribution in [3.05, 3.63) is 24.3 Å². The number of nitrogens with one attached hydrogen (secondary N) is 1. The molecule has 0 aliphatic heterocycles. The van der Waals surface area contributed by atoms with Crippen LogP contribution in [0, 0.1) is 5.41 Å². The van der Waals surface area contributed by atoms with Gasteiger partial charge in [0.05, 0.1) is 16.1 Å². The van der Waals surface area contributed by atoms with Gasteiger partial charge in [-0.3, -0.25) is 5.41 Å². The second-order valence-corrected chi connectivity index (χ2v) is 5.44. The largest absolute Gasteiger partial charge is 0.388 e. The summed E-state index contributed by atoms with van der Waals surface area (Å²) < 4.78 is 2.26. The minimum atomic E-state index is 0.239. The summed E-state index contributed by atoms with van der Waals surface area (Å²) in [6.45, 7) is 0. The zero-order valence-corrected chi connectivity index (χ0v) is 9.70. The number of thiazole rings is 1. The molecule has 0 amide bonds. The molecule has 0 aliphatic rings. The summed E-state index contributed by atoms with van der Waals surface area (Å²) in [7, 11) is 0. The average molecular weight is 237 g/mol. The predicted molar refractivity (Wildman–Crippen MR) is 66.9 cm³/mol. The number of hydrogen-bond acceptors (Lipinski definition) is 4. The lowest BCUT2D eigenvalue weighted by Crippen LogP contribution is -2.09. The highest BCUT2D eigenvalue weighted by atomic mass is 32.2. The SMILES string of the molecule is N=C(N)CCSc1nc2ccccc2s1. The molecule has 0 spiro atoms. The van der Waals surface area contributed by atoms with E-state index in [1.165, 1.54) is 4.70 Å². The molecular weight excluding hydrogens is 226 g/mol. The Hall–Kier alpha value is -1.07. The minimum Gasteiger partial charge on any atom is -0.388 e. The third-order valence-electron chi connectivity index (χ3n) is 1.87. The maximum absolute atomic E-state index is 7.12. The molecule has 0 atom stereocenters. The zero-order valence-electron chi connectivity index (χ0n) is 8.06. The fourth-order valence-corrected chi connectivity index (χ4v) is 3.27. The van der Waals surface area contributed by atoms with E-state index >= 15 is 0 Å². The number of amidine groups is 1. The van der Waals surface area contributed by atoms with E-state index in [-0.39, 0.29) is 5.84 Å². The summed E-state index contributed by atoms with van der Waals surface area (Å²) >= 11 is 3.35. The van der Waals surface area contributed by atoms with Gasteiger partial charge in [0.25, 0.3) is 0 Å². The Morgan fingerprint density at radius 3 is 3.00 bits per heavy atom. The second-order valence-electron chi connectivity index (χ2n) is 3.07. The Morgan fingerprint density at radius 1 is 1.47 bits per heavy atom. The first-order chi connectivity index (χ1) is 7.25. The third kappa shape index (κ3) is 2.70. The molecule has 0 aliphatic carbocycles. The van der Waals surface area contributed by atoms with Crippen molar-refractivity contribution in [2.75, 3.05) is 5.75 Å². The molecule has 15 heavy (non-hydrogen) atoms. The van der Waals surface area contributed by atoms with Crippen LogP contribution in [0.3, 0.4) is 0 Å². The van der Waals surface area contributed by atoms with Crippen LogP contribution in [0.25, 0.3) is 10.2 Å². The molecule has 2 aromatic rings. The maximum Gasteiger partial charge on any atom is 0.151 e. The van der Waals surface area contributed by atoms with Gasteiger partial charge in [0.2, 0.25) is 0 Å². The van der Waals surface area contributed by atoms with E-state index in [0.717, 1.165) is 15.6 Å². The highest BCUT2D eigenvalue weighted by molar-refractivity contribution is 8.01. The van der Waals surface area contributed by atoms with Crippen LogP contribution in [0.5, 0.6) is 0 Å². The second kappa shape index (κ2) is 4.63. The molecule has 0 saturated heterocycles. The molecule has 0 unspecified atom stereocenters. The summed E-state index contributed by atoms with van der Waals surface area (Å²) in [6.07, 6.45) is 0.626. The predicted octanol–water partition coefficient (Wildman–Crippen LogP) is 2.71. The summed E-state index contributed by atoms with van der Waals surface area (Å²) in [4.78, 5) is 4.48. The number of para-hydroxylation sites is 1.